The number of carbonyl (C=O) groups is 1. The van der Waals surface area contributed by atoms with E-state index in [4.69, 9.17) is 5.73 Å². The molecule has 2 rings (SSSR count). The van der Waals surface area contributed by atoms with E-state index in [1.54, 1.807) is 6.07 Å². The van der Waals surface area contributed by atoms with E-state index in [-0.39, 0.29) is 11.3 Å². The first-order valence-corrected chi connectivity index (χ1v) is 5.98. The van der Waals surface area contributed by atoms with Crippen molar-refractivity contribution in [1.82, 2.24) is 0 Å². The lowest BCUT2D eigenvalue weighted by molar-refractivity contribution is -0.137. The predicted molar refractivity (Wildman–Crippen MR) is 72.6 cm³/mol. The maximum absolute atomic E-state index is 12.5. The summed E-state index contributed by atoms with van der Waals surface area (Å²) in [6.07, 6.45) is -4.37. The number of carbonyl (C=O) groups excluding carboxylic acids is 1. The minimum absolute atomic E-state index is 0.208. The van der Waals surface area contributed by atoms with Gasteiger partial charge in [0.15, 0.2) is 0 Å². The average molecular weight is 295 g/mol. The molecule has 0 spiro atoms. The van der Waals surface area contributed by atoms with E-state index < -0.39 is 17.7 Å². The number of benzene rings is 2. The Bertz CT molecular complexity index is 664. The highest BCUT2D eigenvalue weighted by molar-refractivity contribution is 5.96. The zero-order chi connectivity index (χ0) is 15.6. The Morgan fingerprint density at radius 1 is 1.05 bits per heavy atom. The summed E-state index contributed by atoms with van der Waals surface area (Å²) < 4.78 is 42.1. The van der Waals surface area contributed by atoms with Gasteiger partial charge in [0.25, 0.3) is 0 Å². The van der Waals surface area contributed by atoms with E-state index in [1.165, 1.54) is 31.4 Å². The molecule has 0 saturated heterocycles. The lowest BCUT2D eigenvalue weighted by Gasteiger charge is -2.09. The molecule has 2 aromatic carbocycles. The third-order valence-electron chi connectivity index (χ3n) is 3.00. The number of nitrogen functional groups attached to an aromatic ring is 1. The zero-order valence-corrected chi connectivity index (χ0v) is 11.1. The molecule has 110 valence electrons. The molecule has 6 heteroatoms. The summed E-state index contributed by atoms with van der Waals surface area (Å²) in [5.41, 5.74) is 6.65. The van der Waals surface area contributed by atoms with Crippen LogP contribution in [0.3, 0.4) is 0 Å². The van der Waals surface area contributed by atoms with Crippen molar-refractivity contribution in [3.05, 3.63) is 53.6 Å². The van der Waals surface area contributed by atoms with Crippen LogP contribution >= 0.6 is 0 Å². The molecule has 0 unspecified atom stereocenters. The van der Waals surface area contributed by atoms with Gasteiger partial charge in [0, 0.05) is 5.69 Å². The minimum Gasteiger partial charge on any atom is -0.465 e. The van der Waals surface area contributed by atoms with Crippen molar-refractivity contribution < 1.29 is 22.7 Å². The summed E-state index contributed by atoms with van der Waals surface area (Å²) >= 11 is 0. The second-order valence-corrected chi connectivity index (χ2v) is 4.37. The van der Waals surface area contributed by atoms with E-state index >= 15 is 0 Å². The molecule has 0 bridgehead atoms. The van der Waals surface area contributed by atoms with Crippen LogP contribution in [0.25, 0.3) is 11.1 Å². The predicted octanol–water partition coefficient (Wildman–Crippen LogP) is 3.74. The first-order chi connectivity index (χ1) is 9.82. The van der Waals surface area contributed by atoms with Gasteiger partial charge in [-0.25, -0.2) is 4.79 Å². The monoisotopic (exact) mass is 295 g/mol. The minimum atomic E-state index is -4.37. The third kappa shape index (κ3) is 3.16. The average Bonchev–Trinajstić information content (AvgIpc) is 2.45. The summed E-state index contributed by atoms with van der Waals surface area (Å²) in [7, 11) is 1.24. The van der Waals surface area contributed by atoms with Crippen molar-refractivity contribution in [3.63, 3.8) is 0 Å². The lowest BCUT2D eigenvalue weighted by Crippen LogP contribution is -2.05. The van der Waals surface area contributed by atoms with Gasteiger partial charge in [0.05, 0.1) is 18.2 Å². The molecule has 0 atom stereocenters. The van der Waals surface area contributed by atoms with Crippen molar-refractivity contribution in [3.8, 4) is 11.1 Å². The molecular formula is C15H12F3NO2. The topological polar surface area (TPSA) is 52.3 Å². The summed E-state index contributed by atoms with van der Waals surface area (Å²) in [6.45, 7) is 0. The van der Waals surface area contributed by atoms with Gasteiger partial charge in [-0.3, -0.25) is 0 Å². The first kappa shape index (κ1) is 14.9. The molecule has 0 saturated carbocycles. The van der Waals surface area contributed by atoms with Gasteiger partial charge in [0.2, 0.25) is 0 Å². The Kier molecular flexibility index (Phi) is 3.88. The Hall–Kier alpha value is -2.50. The van der Waals surface area contributed by atoms with Crippen LogP contribution in [0.1, 0.15) is 15.9 Å². The number of esters is 1. The van der Waals surface area contributed by atoms with Crippen molar-refractivity contribution >= 4 is 11.7 Å². The number of rotatable bonds is 2. The van der Waals surface area contributed by atoms with Gasteiger partial charge in [-0.1, -0.05) is 18.2 Å². The smallest absolute Gasteiger partial charge is 0.416 e. The van der Waals surface area contributed by atoms with Crippen molar-refractivity contribution in [2.45, 2.75) is 6.18 Å². The number of hydrogen-bond acceptors (Lipinski definition) is 3. The molecule has 2 aromatic rings. The van der Waals surface area contributed by atoms with Gasteiger partial charge < -0.3 is 10.5 Å². The molecule has 0 amide bonds. The normalized spacial score (nSPS) is 11.2. The van der Waals surface area contributed by atoms with Crippen LogP contribution in [0.2, 0.25) is 0 Å². The summed E-state index contributed by atoms with van der Waals surface area (Å²) in [4.78, 5) is 11.4. The highest BCUT2D eigenvalue weighted by atomic mass is 19.4. The fraction of sp³-hybridized carbons (Fsp3) is 0.133. The van der Waals surface area contributed by atoms with Crippen LogP contribution < -0.4 is 5.73 Å². The third-order valence-corrected chi connectivity index (χ3v) is 3.00. The molecule has 21 heavy (non-hydrogen) atoms. The van der Waals surface area contributed by atoms with Crippen LogP contribution in [0.15, 0.2) is 42.5 Å². The maximum atomic E-state index is 12.5. The van der Waals surface area contributed by atoms with Crippen LogP contribution in [0.5, 0.6) is 0 Å². The number of hydrogen-bond donors (Lipinski definition) is 1. The Labute approximate surface area is 119 Å². The second-order valence-electron chi connectivity index (χ2n) is 4.37. The number of alkyl halides is 3. The largest absolute Gasteiger partial charge is 0.465 e. The van der Waals surface area contributed by atoms with E-state index in [0.717, 1.165) is 12.1 Å². The number of methoxy groups -OCH3 is 1. The highest BCUT2D eigenvalue weighted by Gasteiger charge is 2.29. The molecule has 2 N–H and O–H groups in total. The molecule has 0 aliphatic carbocycles. The lowest BCUT2D eigenvalue weighted by atomic mass is 10.0. The maximum Gasteiger partial charge on any atom is 0.416 e. The quantitative estimate of drug-likeness (QED) is 0.678. The van der Waals surface area contributed by atoms with Gasteiger partial charge >= 0.3 is 12.1 Å². The molecule has 0 fully saturated rings. The Balaban J connectivity index is 2.35. The Morgan fingerprint density at radius 2 is 1.62 bits per heavy atom. The van der Waals surface area contributed by atoms with Crippen LogP contribution in [-0.4, -0.2) is 13.1 Å². The van der Waals surface area contributed by atoms with E-state index in [9.17, 15) is 18.0 Å². The van der Waals surface area contributed by atoms with Gasteiger partial charge in [-0.05, 0) is 35.4 Å². The van der Waals surface area contributed by atoms with Crippen molar-refractivity contribution in [1.29, 1.82) is 0 Å². The van der Waals surface area contributed by atoms with E-state index in [1.807, 2.05) is 0 Å². The van der Waals surface area contributed by atoms with E-state index in [2.05, 4.69) is 4.74 Å². The second kappa shape index (κ2) is 5.47. The molecule has 0 aliphatic heterocycles. The number of anilines is 1. The SMILES string of the molecule is COC(=O)c1ccc(-c2ccc(C(F)(F)F)cc2)cc1N. The first-order valence-electron chi connectivity index (χ1n) is 5.98. The molecule has 0 aromatic heterocycles. The molecule has 3 nitrogen and oxygen atoms in total. The highest BCUT2D eigenvalue weighted by Crippen LogP contribution is 2.31. The summed E-state index contributed by atoms with van der Waals surface area (Å²) in [6, 6.07) is 9.32. The fourth-order valence-electron chi connectivity index (χ4n) is 1.89. The van der Waals surface area contributed by atoms with Gasteiger partial charge in [-0.15, -0.1) is 0 Å². The number of nitrogens with two attached hydrogens (primary N) is 1. The summed E-state index contributed by atoms with van der Waals surface area (Å²) in [5, 5.41) is 0. The van der Waals surface area contributed by atoms with Crippen molar-refractivity contribution in [2.75, 3.05) is 12.8 Å². The van der Waals surface area contributed by atoms with E-state index in [0.29, 0.717) is 11.1 Å². The molecule has 0 heterocycles. The van der Waals surface area contributed by atoms with Crippen molar-refractivity contribution in [2.24, 2.45) is 0 Å². The van der Waals surface area contributed by atoms with Gasteiger partial charge in [-0.2, -0.15) is 13.2 Å². The van der Waals surface area contributed by atoms with Crippen LogP contribution in [0.4, 0.5) is 18.9 Å². The summed E-state index contributed by atoms with van der Waals surface area (Å²) in [5.74, 6) is -0.563. The standard InChI is InChI=1S/C15H12F3NO2/c1-21-14(20)12-7-4-10(8-13(12)19)9-2-5-11(6-3-9)15(16,17)18/h2-8H,19H2,1H3. The van der Waals surface area contributed by atoms with Crippen LogP contribution in [-0.2, 0) is 10.9 Å². The molecular weight excluding hydrogens is 283 g/mol. The molecule has 0 radical (unpaired) electrons. The Morgan fingerprint density at radius 3 is 2.10 bits per heavy atom. The number of ether oxygens (including phenoxy) is 1. The zero-order valence-electron chi connectivity index (χ0n) is 11.1. The number of halogens is 3. The van der Waals surface area contributed by atoms with Gasteiger partial charge in [0.1, 0.15) is 0 Å². The fourth-order valence-corrected chi connectivity index (χ4v) is 1.89. The van der Waals surface area contributed by atoms with Crippen LogP contribution in [0, 0.1) is 0 Å². The molecule has 0 aliphatic rings.